The lowest BCUT2D eigenvalue weighted by molar-refractivity contribution is 0.385. The number of thiophene rings is 1. The van der Waals surface area contributed by atoms with Crippen molar-refractivity contribution in [3.05, 3.63) is 33.6 Å². The Kier molecular flexibility index (Phi) is 2.10. The topological polar surface area (TPSA) is 38.9 Å². The first-order valence-corrected chi connectivity index (χ1v) is 4.61. The van der Waals surface area contributed by atoms with Crippen molar-refractivity contribution in [2.45, 2.75) is 6.42 Å². The van der Waals surface area contributed by atoms with Gasteiger partial charge >= 0.3 is 0 Å². The molecule has 2 aromatic rings. The predicted octanol–water partition coefficient (Wildman–Crippen LogP) is 2.38. The summed E-state index contributed by atoms with van der Waals surface area (Å²) in [5.41, 5.74) is 0. The third kappa shape index (κ3) is 1.65. The lowest BCUT2D eigenvalue weighted by atomic mass is 10.3. The summed E-state index contributed by atoms with van der Waals surface area (Å²) >= 11 is 7.14. The van der Waals surface area contributed by atoms with E-state index in [0.717, 1.165) is 0 Å². The summed E-state index contributed by atoms with van der Waals surface area (Å²) in [7, 11) is 0. The lowest BCUT2D eigenvalue weighted by Crippen LogP contribution is -1.82. The summed E-state index contributed by atoms with van der Waals surface area (Å²) < 4.78 is 4.85. The van der Waals surface area contributed by atoms with Crippen LogP contribution in [0.25, 0.3) is 0 Å². The van der Waals surface area contributed by atoms with Gasteiger partial charge in [-0.05, 0) is 28.2 Å². The molecule has 2 aromatic heterocycles. The molecular weight excluding hydrogens is 196 g/mol. The van der Waals surface area contributed by atoms with E-state index < -0.39 is 0 Å². The minimum Gasteiger partial charge on any atom is -0.338 e. The first-order chi connectivity index (χ1) is 5.84. The maximum atomic E-state index is 5.49. The molecule has 5 heteroatoms. The highest BCUT2D eigenvalue weighted by molar-refractivity contribution is 7.09. The fourth-order valence-electron chi connectivity index (χ4n) is 0.868. The van der Waals surface area contributed by atoms with Crippen LogP contribution < -0.4 is 0 Å². The molecule has 2 heterocycles. The van der Waals surface area contributed by atoms with Gasteiger partial charge in [-0.15, -0.1) is 11.3 Å². The molecule has 3 nitrogen and oxygen atoms in total. The number of hydrogen-bond donors (Lipinski definition) is 0. The van der Waals surface area contributed by atoms with Crippen molar-refractivity contribution in [3.63, 3.8) is 0 Å². The van der Waals surface area contributed by atoms with Crippen molar-refractivity contribution in [2.75, 3.05) is 0 Å². The highest BCUT2D eigenvalue weighted by Crippen LogP contribution is 2.14. The molecular formula is C7H5ClN2OS. The molecule has 12 heavy (non-hydrogen) atoms. The molecule has 0 bridgehead atoms. The molecule has 0 aliphatic carbocycles. The summed E-state index contributed by atoms with van der Waals surface area (Å²) in [6, 6.07) is 4.00. The first kappa shape index (κ1) is 7.76. The number of rotatable bonds is 2. The van der Waals surface area contributed by atoms with Crippen LogP contribution in [0.2, 0.25) is 5.28 Å². The van der Waals surface area contributed by atoms with E-state index in [1.807, 2.05) is 17.5 Å². The Balaban J connectivity index is 2.14. The zero-order valence-electron chi connectivity index (χ0n) is 6.03. The molecule has 0 unspecified atom stereocenters. The van der Waals surface area contributed by atoms with Crippen LogP contribution in [-0.2, 0) is 6.42 Å². The Morgan fingerprint density at radius 3 is 3.08 bits per heavy atom. The van der Waals surface area contributed by atoms with E-state index in [0.29, 0.717) is 12.3 Å². The van der Waals surface area contributed by atoms with Crippen molar-refractivity contribution in [3.8, 4) is 0 Å². The fraction of sp³-hybridized carbons (Fsp3) is 0.143. The summed E-state index contributed by atoms with van der Waals surface area (Å²) in [5, 5.41) is 5.66. The Labute approximate surface area is 78.0 Å². The van der Waals surface area contributed by atoms with E-state index in [9.17, 15) is 0 Å². The molecule has 2 rings (SSSR count). The molecule has 0 aromatic carbocycles. The van der Waals surface area contributed by atoms with Crippen molar-refractivity contribution >= 4 is 22.9 Å². The van der Waals surface area contributed by atoms with E-state index in [4.69, 9.17) is 16.1 Å². The second-order valence-electron chi connectivity index (χ2n) is 2.21. The molecule has 0 amide bonds. The first-order valence-electron chi connectivity index (χ1n) is 3.35. The third-order valence-corrected chi connectivity index (χ3v) is 2.38. The van der Waals surface area contributed by atoms with Gasteiger partial charge in [0.25, 0.3) is 5.28 Å². The molecule has 0 aliphatic heterocycles. The van der Waals surface area contributed by atoms with E-state index >= 15 is 0 Å². The summed E-state index contributed by atoms with van der Waals surface area (Å²) in [4.78, 5) is 5.07. The van der Waals surface area contributed by atoms with Crippen LogP contribution in [0, 0.1) is 0 Å². The summed E-state index contributed by atoms with van der Waals surface area (Å²) in [5.74, 6) is 0.558. The van der Waals surface area contributed by atoms with Crippen molar-refractivity contribution < 1.29 is 4.52 Å². The maximum absolute atomic E-state index is 5.49. The Hall–Kier alpha value is -0.870. The molecule has 0 aliphatic rings. The Bertz CT molecular complexity index is 357. The van der Waals surface area contributed by atoms with Crippen LogP contribution in [0.4, 0.5) is 0 Å². The molecule has 0 atom stereocenters. The third-order valence-electron chi connectivity index (χ3n) is 1.35. The van der Waals surface area contributed by atoms with E-state index in [-0.39, 0.29) is 5.28 Å². The Morgan fingerprint density at radius 2 is 2.50 bits per heavy atom. The van der Waals surface area contributed by atoms with Gasteiger partial charge in [0.05, 0.1) is 6.42 Å². The van der Waals surface area contributed by atoms with E-state index in [2.05, 4.69) is 10.1 Å². The quantitative estimate of drug-likeness (QED) is 0.747. The van der Waals surface area contributed by atoms with Gasteiger partial charge in [-0.2, -0.15) is 4.98 Å². The van der Waals surface area contributed by atoms with Crippen LogP contribution in [0.15, 0.2) is 22.0 Å². The maximum Gasteiger partial charge on any atom is 0.263 e. The highest BCUT2D eigenvalue weighted by atomic mass is 35.5. The SMILES string of the molecule is Clc1noc(Cc2cccs2)n1. The van der Waals surface area contributed by atoms with Gasteiger partial charge in [0.2, 0.25) is 5.89 Å². The van der Waals surface area contributed by atoms with E-state index in [1.54, 1.807) is 11.3 Å². The Morgan fingerprint density at radius 1 is 1.58 bits per heavy atom. The van der Waals surface area contributed by atoms with Crippen molar-refractivity contribution in [1.82, 2.24) is 10.1 Å². The van der Waals surface area contributed by atoms with E-state index in [1.165, 1.54) is 4.88 Å². The molecule has 0 saturated carbocycles. The summed E-state index contributed by atoms with van der Waals surface area (Å²) in [6.45, 7) is 0. The van der Waals surface area contributed by atoms with Crippen LogP contribution in [0.3, 0.4) is 0 Å². The van der Waals surface area contributed by atoms with Gasteiger partial charge in [-0.25, -0.2) is 0 Å². The number of hydrogen-bond acceptors (Lipinski definition) is 4. The van der Waals surface area contributed by atoms with Crippen LogP contribution in [0.1, 0.15) is 10.8 Å². The number of aromatic nitrogens is 2. The van der Waals surface area contributed by atoms with Crippen molar-refractivity contribution in [1.29, 1.82) is 0 Å². The smallest absolute Gasteiger partial charge is 0.263 e. The van der Waals surface area contributed by atoms with Crippen molar-refractivity contribution in [2.24, 2.45) is 0 Å². The zero-order valence-corrected chi connectivity index (χ0v) is 7.60. The number of nitrogens with zero attached hydrogens (tertiary/aromatic N) is 2. The van der Waals surface area contributed by atoms with Gasteiger partial charge in [-0.3, -0.25) is 0 Å². The predicted molar refractivity (Wildman–Crippen MR) is 46.4 cm³/mol. The minimum atomic E-state index is 0.168. The highest BCUT2D eigenvalue weighted by Gasteiger charge is 2.04. The van der Waals surface area contributed by atoms with Crippen LogP contribution in [-0.4, -0.2) is 10.1 Å². The minimum absolute atomic E-state index is 0.168. The van der Waals surface area contributed by atoms with Gasteiger partial charge in [-0.1, -0.05) is 6.07 Å². The van der Waals surface area contributed by atoms with Gasteiger partial charge < -0.3 is 4.52 Å². The monoisotopic (exact) mass is 200 g/mol. The molecule has 0 spiro atoms. The fourth-order valence-corrected chi connectivity index (χ4v) is 1.69. The normalized spacial score (nSPS) is 10.4. The second kappa shape index (κ2) is 3.25. The molecule has 0 saturated heterocycles. The average Bonchev–Trinajstić information content (AvgIpc) is 2.63. The summed E-state index contributed by atoms with van der Waals surface area (Å²) in [6.07, 6.45) is 0.664. The van der Waals surface area contributed by atoms with Gasteiger partial charge in [0.1, 0.15) is 0 Å². The largest absolute Gasteiger partial charge is 0.338 e. The van der Waals surface area contributed by atoms with Gasteiger partial charge in [0.15, 0.2) is 0 Å². The van der Waals surface area contributed by atoms with Crippen LogP contribution in [0.5, 0.6) is 0 Å². The second-order valence-corrected chi connectivity index (χ2v) is 3.58. The standard InChI is InChI=1S/C7H5ClN2OS/c8-7-9-6(11-10-7)4-5-2-1-3-12-5/h1-3H,4H2. The van der Waals surface area contributed by atoms with Crippen LogP contribution >= 0.6 is 22.9 Å². The average molecular weight is 201 g/mol. The lowest BCUT2D eigenvalue weighted by Gasteiger charge is -1.86. The molecule has 0 radical (unpaired) electrons. The molecule has 62 valence electrons. The molecule has 0 N–H and O–H groups in total. The van der Waals surface area contributed by atoms with Gasteiger partial charge in [0, 0.05) is 4.88 Å². The number of halogens is 1. The molecule has 0 fully saturated rings. The zero-order chi connectivity index (χ0) is 8.39.